The highest BCUT2D eigenvalue weighted by molar-refractivity contribution is 5.99. The van der Waals surface area contributed by atoms with E-state index < -0.39 is 0 Å². The molecule has 0 unspecified atom stereocenters. The van der Waals surface area contributed by atoms with Crippen molar-refractivity contribution in [3.8, 4) is 11.5 Å². The predicted molar refractivity (Wildman–Crippen MR) is 76.9 cm³/mol. The van der Waals surface area contributed by atoms with Gasteiger partial charge in [-0.2, -0.15) is 0 Å². The summed E-state index contributed by atoms with van der Waals surface area (Å²) in [5.74, 6) is -0.101. The topological polar surface area (TPSA) is 57.5 Å². The number of phenolic OH excluding ortho intramolecular Hbond substituents is 2. The molecule has 1 aromatic carbocycles. The number of aryl methyl sites for hydroxylation is 1. The van der Waals surface area contributed by atoms with E-state index in [1.54, 1.807) is 6.07 Å². The normalized spacial score (nSPS) is 10.6. The van der Waals surface area contributed by atoms with E-state index in [-0.39, 0.29) is 17.3 Å². The van der Waals surface area contributed by atoms with Gasteiger partial charge in [0.15, 0.2) is 5.78 Å². The summed E-state index contributed by atoms with van der Waals surface area (Å²) in [6.07, 6.45) is 6.57. The maximum Gasteiger partial charge on any atom is 0.166 e. The van der Waals surface area contributed by atoms with Gasteiger partial charge >= 0.3 is 0 Å². The van der Waals surface area contributed by atoms with Crippen LogP contribution in [0.2, 0.25) is 0 Å². The largest absolute Gasteiger partial charge is 0.508 e. The maximum atomic E-state index is 12.0. The minimum Gasteiger partial charge on any atom is -0.508 e. The first kappa shape index (κ1) is 15.5. The smallest absolute Gasteiger partial charge is 0.166 e. The molecule has 0 aromatic heterocycles. The molecule has 0 amide bonds. The van der Waals surface area contributed by atoms with Crippen molar-refractivity contribution in [1.82, 2.24) is 0 Å². The number of rotatable bonds is 8. The molecule has 0 aliphatic carbocycles. The van der Waals surface area contributed by atoms with Crippen LogP contribution in [0.5, 0.6) is 11.5 Å². The summed E-state index contributed by atoms with van der Waals surface area (Å²) in [5.41, 5.74) is 1.04. The summed E-state index contributed by atoms with van der Waals surface area (Å²) in [6.45, 7) is 4.07. The minimum atomic E-state index is -0.117. The highest BCUT2D eigenvalue weighted by Crippen LogP contribution is 2.29. The van der Waals surface area contributed by atoms with Crippen molar-refractivity contribution < 1.29 is 15.0 Å². The second-order valence-corrected chi connectivity index (χ2v) is 4.94. The maximum absolute atomic E-state index is 12.0. The number of hydrogen-bond donors (Lipinski definition) is 2. The van der Waals surface area contributed by atoms with Crippen LogP contribution in [0.1, 0.15) is 68.3 Å². The average molecular weight is 264 g/mol. The predicted octanol–water partition coefficient (Wildman–Crippen LogP) is 4.20. The first-order valence-corrected chi connectivity index (χ1v) is 7.18. The lowest BCUT2D eigenvalue weighted by Crippen LogP contribution is -2.01. The Labute approximate surface area is 115 Å². The fourth-order valence-corrected chi connectivity index (χ4v) is 2.15. The number of ketones is 1. The molecule has 1 rings (SSSR count). The lowest BCUT2D eigenvalue weighted by Gasteiger charge is -2.08. The Morgan fingerprint density at radius 3 is 2.32 bits per heavy atom. The van der Waals surface area contributed by atoms with Crippen molar-refractivity contribution in [2.24, 2.45) is 0 Å². The van der Waals surface area contributed by atoms with Crippen molar-refractivity contribution in [3.05, 3.63) is 23.3 Å². The van der Waals surface area contributed by atoms with E-state index in [0.29, 0.717) is 24.0 Å². The van der Waals surface area contributed by atoms with E-state index in [1.165, 1.54) is 18.9 Å². The Balaban J connectivity index is 2.61. The van der Waals surface area contributed by atoms with Gasteiger partial charge in [0.25, 0.3) is 0 Å². The first-order chi connectivity index (χ1) is 9.10. The summed E-state index contributed by atoms with van der Waals surface area (Å²) in [6, 6.07) is 2.88. The molecule has 3 heteroatoms. The molecule has 0 radical (unpaired) electrons. The van der Waals surface area contributed by atoms with Crippen LogP contribution >= 0.6 is 0 Å². The quantitative estimate of drug-likeness (QED) is 0.546. The van der Waals surface area contributed by atoms with Crippen molar-refractivity contribution >= 4 is 5.78 Å². The van der Waals surface area contributed by atoms with Crippen molar-refractivity contribution in [2.75, 3.05) is 0 Å². The third kappa shape index (κ3) is 4.58. The van der Waals surface area contributed by atoms with Crippen molar-refractivity contribution in [1.29, 1.82) is 0 Å². The lowest BCUT2D eigenvalue weighted by molar-refractivity contribution is 0.0976. The van der Waals surface area contributed by atoms with E-state index in [4.69, 9.17) is 0 Å². The molecule has 19 heavy (non-hydrogen) atoms. The Bertz CT molecular complexity index is 424. The molecule has 1 aromatic rings. The monoisotopic (exact) mass is 264 g/mol. The number of carbonyl (C=O) groups excluding carboxylic acids is 1. The van der Waals surface area contributed by atoms with Crippen LogP contribution in [-0.2, 0) is 6.42 Å². The van der Waals surface area contributed by atoms with E-state index in [0.717, 1.165) is 19.3 Å². The van der Waals surface area contributed by atoms with Gasteiger partial charge in [-0.15, -0.1) is 0 Å². The second-order valence-electron chi connectivity index (χ2n) is 4.94. The SMILES string of the molecule is CCCCCCCC(=O)c1cc(CC)c(O)cc1O. The van der Waals surface area contributed by atoms with Crippen molar-refractivity contribution in [2.45, 2.75) is 58.8 Å². The van der Waals surface area contributed by atoms with Gasteiger partial charge in [0.05, 0.1) is 5.56 Å². The van der Waals surface area contributed by atoms with Crippen LogP contribution in [-0.4, -0.2) is 16.0 Å². The zero-order chi connectivity index (χ0) is 14.3. The number of hydrogen-bond acceptors (Lipinski definition) is 3. The number of aromatic hydroxyl groups is 2. The van der Waals surface area contributed by atoms with Crippen LogP contribution < -0.4 is 0 Å². The molecule has 2 N–H and O–H groups in total. The Morgan fingerprint density at radius 2 is 1.68 bits per heavy atom. The third-order valence-corrected chi connectivity index (χ3v) is 3.39. The molecule has 0 atom stereocenters. The van der Waals surface area contributed by atoms with E-state index in [2.05, 4.69) is 6.92 Å². The highest BCUT2D eigenvalue weighted by atomic mass is 16.3. The molecular weight excluding hydrogens is 240 g/mol. The van der Waals surface area contributed by atoms with Gasteiger partial charge in [-0.25, -0.2) is 0 Å². The van der Waals surface area contributed by atoms with Crippen LogP contribution in [0.4, 0.5) is 0 Å². The van der Waals surface area contributed by atoms with Gasteiger partial charge < -0.3 is 10.2 Å². The molecule has 0 fully saturated rings. The zero-order valence-electron chi connectivity index (χ0n) is 11.9. The minimum absolute atomic E-state index is 0.0382. The van der Waals surface area contributed by atoms with E-state index >= 15 is 0 Å². The molecule has 0 aliphatic rings. The molecule has 0 aliphatic heterocycles. The Morgan fingerprint density at radius 1 is 1.00 bits per heavy atom. The number of unbranched alkanes of at least 4 members (excludes halogenated alkanes) is 4. The fraction of sp³-hybridized carbons (Fsp3) is 0.562. The van der Waals surface area contributed by atoms with Crippen molar-refractivity contribution in [3.63, 3.8) is 0 Å². The summed E-state index contributed by atoms with van der Waals surface area (Å²) >= 11 is 0. The number of benzene rings is 1. The van der Waals surface area contributed by atoms with Gasteiger partial charge in [0, 0.05) is 12.5 Å². The third-order valence-electron chi connectivity index (χ3n) is 3.39. The average Bonchev–Trinajstić information content (AvgIpc) is 2.38. The standard InChI is InChI=1S/C16H24O3/c1-3-5-6-7-8-9-14(17)13-10-12(4-2)15(18)11-16(13)19/h10-11,18-19H,3-9H2,1-2H3. The molecule has 0 bridgehead atoms. The number of phenols is 2. The van der Waals surface area contributed by atoms with Crippen LogP contribution in [0.3, 0.4) is 0 Å². The van der Waals surface area contributed by atoms with Crippen LogP contribution in [0.25, 0.3) is 0 Å². The highest BCUT2D eigenvalue weighted by Gasteiger charge is 2.14. The molecular formula is C16H24O3. The molecule has 0 spiro atoms. The van der Waals surface area contributed by atoms with Gasteiger partial charge in [0.1, 0.15) is 11.5 Å². The van der Waals surface area contributed by atoms with E-state index in [1.807, 2.05) is 6.92 Å². The lowest BCUT2D eigenvalue weighted by atomic mass is 9.99. The zero-order valence-corrected chi connectivity index (χ0v) is 11.9. The molecule has 3 nitrogen and oxygen atoms in total. The fourth-order valence-electron chi connectivity index (χ4n) is 2.15. The Kier molecular flexibility index (Phi) is 6.40. The summed E-state index contributed by atoms with van der Waals surface area (Å²) in [5, 5.41) is 19.3. The molecule has 0 saturated heterocycles. The summed E-state index contributed by atoms with van der Waals surface area (Å²) < 4.78 is 0. The number of Topliss-reactive ketones (excluding diaryl/α,β-unsaturated/α-hetero) is 1. The molecule has 0 saturated carbocycles. The van der Waals surface area contributed by atoms with Crippen LogP contribution in [0, 0.1) is 0 Å². The Hall–Kier alpha value is -1.51. The molecule has 0 heterocycles. The number of carbonyl (C=O) groups is 1. The second kappa shape index (κ2) is 7.82. The summed E-state index contributed by atoms with van der Waals surface area (Å²) in [4.78, 5) is 12.0. The molecule has 106 valence electrons. The first-order valence-electron chi connectivity index (χ1n) is 7.18. The van der Waals surface area contributed by atoms with Gasteiger partial charge in [-0.1, -0.05) is 39.5 Å². The summed E-state index contributed by atoms with van der Waals surface area (Å²) in [7, 11) is 0. The van der Waals surface area contributed by atoms with Gasteiger partial charge in [-0.3, -0.25) is 4.79 Å². The van der Waals surface area contributed by atoms with Crippen LogP contribution in [0.15, 0.2) is 12.1 Å². The van der Waals surface area contributed by atoms with E-state index in [9.17, 15) is 15.0 Å². The van der Waals surface area contributed by atoms with Gasteiger partial charge in [-0.05, 0) is 24.5 Å². The van der Waals surface area contributed by atoms with Gasteiger partial charge in [0.2, 0.25) is 0 Å².